The van der Waals surface area contributed by atoms with Crippen LogP contribution in [0.15, 0.2) is 45.8 Å². The second-order valence-corrected chi connectivity index (χ2v) is 6.57. The van der Waals surface area contributed by atoms with Crippen LogP contribution in [0.2, 0.25) is 0 Å². The van der Waals surface area contributed by atoms with E-state index in [1.165, 1.54) is 4.90 Å². The first-order valence-electron chi connectivity index (χ1n) is 6.31. The lowest BCUT2D eigenvalue weighted by atomic mass is 10.0. The van der Waals surface area contributed by atoms with E-state index in [9.17, 15) is 4.79 Å². The summed E-state index contributed by atoms with van der Waals surface area (Å²) in [6.45, 7) is 1.90. The minimum Gasteiger partial charge on any atom is -0.310 e. The van der Waals surface area contributed by atoms with Crippen LogP contribution in [0.25, 0.3) is 0 Å². The number of fused-ring (bicyclic) bond motifs is 1. The number of carbonyl (C=O) groups is 1. The Morgan fingerprint density at radius 3 is 2.95 bits per heavy atom. The summed E-state index contributed by atoms with van der Waals surface area (Å²) in [7, 11) is 0. The van der Waals surface area contributed by atoms with Crippen molar-refractivity contribution in [2.45, 2.75) is 17.7 Å². The number of nitrogens with zero attached hydrogens (tertiary/aromatic N) is 1. The largest absolute Gasteiger partial charge is 0.310 e. The van der Waals surface area contributed by atoms with Crippen LogP contribution in [-0.4, -0.2) is 16.6 Å². The number of aromatic nitrogens is 1. The molecule has 1 aliphatic rings. The van der Waals surface area contributed by atoms with Gasteiger partial charge >= 0.3 is 0 Å². The minimum atomic E-state index is -0.0954. The fraction of sp³-hybridized carbons (Fsp3) is 0.200. The fourth-order valence-corrected chi connectivity index (χ4v) is 3.66. The van der Waals surface area contributed by atoms with Crippen molar-refractivity contribution in [3.05, 3.63) is 52.1 Å². The molecule has 1 aromatic heterocycles. The highest BCUT2D eigenvalue weighted by Crippen LogP contribution is 2.39. The number of amides is 1. The van der Waals surface area contributed by atoms with Gasteiger partial charge in [0.25, 0.3) is 0 Å². The Morgan fingerprint density at radius 1 is 1.35 bits per heavy atom. The van der Waals surface area contributed by atoms with Crippen LogP contribution in [0.4, 0.5) is 5.82 Å². The van der Waals surface area contributed by atoms with Crippen molar-refractivity contribution in [3.8, 4) is 0 Å². The molecule has 1 amide bonds. The minimum absolute atomic E-state index is 0.0108. The van der Waals surface area contributed by atoms with E-state index >= 15 is 0 Å². The molecule has 2 heterocycles. The van der Waals surface area contributed by atoms with Crippen LogP contribution < -0.4 is 5.32 Å². The molecular formula is C15H13BrN2OS. The normalized spacial score (nSPS) is 16.8. The Balaban J connectivity index is 1.79. The van der Waals surface area contributed by atoms with Gasteiger partial charge in [0, 0.05) is 15.1 Å². The molecule has 0 saturated carbocycles. The highest BCUT2D eigenvalue weighted by molar-refractivity contribution is 9.10. The lowest BCUT2D eigenvalue weighted by Crippen LogP contribution is -2.21. The van der Waals surface area contributed by atoms with Crippen LogP contribution >= 0.6 is 27.7 Å². The summed E-state index contributed by atoms with van der Waals surface area (Å²) < 4.78 is 0.942. The first-order chi connectivity index (χ1) is 9.65. The predicted molar refractivity (Wildman–Crippen MR) is 85.2 cm³/mol. The number of nitrogens with one attached hydrogen (secondary N) is 1. The van der Waals surface area contributed by atoms with Crippen molar-refractivity contribution in [1.29, 1.82) is 0 Å². The summed E-state index contributed by atoms with van der Waals surface area (Å²) in [6.07, 6.45) is 0. The molecule has 1 aromatic carbocycles. The maximum Gasteiger partial charge on any atom is 0.233 e. The highest BCUT2D eigenvalue weighted by atomic mass is 79.9. The SMILES string of the molecule is Cc1nc(NC(=O)C2CSc3ccccc32)ccc1Br. The van der Waals surface area contributed by atoms with Crippen molar-refractivity contribution < 1.29 is 4.79 Å². The molecule has 1 unspecified atom stereocenters. The van der Waals surface area contributed by atoms with E-state index in [1.54, 1.807) is 11.8 Å². The van der Waals surface area contributed by atoms with Crippen molar-refractivity contribution in [2.24, 2.45) is 0 Å². The van der Waals surface area contributed by atoms with Crippen LogP contribution in [0.1, 0.15) is 17.2 Å². The zero-order valence-corrected chi connectivity index (χ0v) is 13.3. The Labute approximate surface area is 130 Å². The van der Waals surface area contributed by atoms with E-state index in [0.717, 1.165) is 21.5 Å². The quantitative estimate of drug-likeness (QED) is 0.892. The van der Waals surface area contributed by atoms with Gasteiger partial charge in [-0.2, -0.15) is 0 Å². The molecule has 1 atom stereocenters. The number of pyridine rings is 1. The predicted octanol–water partition coefficient (Wildman–Crippen LogP) is 3.98. The van der Waals surface area contributed by atoms with E-state index in [-0.39, 0.29) is 11.8 Å². The topological polar surface area (TPSA) is 42.0 Å². The molecule has 3 rings (SSSR count). The van der Waals surface area contributed by atoms with E-state index < -0.39 is 0 Å². The lowest BCUT2D eigenvalue weighted by molar-refractivity contribution is -0.117. The van der Waals surface area contributed by atoms with Gasteiger partial charge in [-0.1, -0.05) is 18.2 Å². The summed E-state index contributed by atoms with van der Waals surface area (Å²) in [5, 5.41) is 2.91. The molecule has 1 aliphatic heterocycles. The number of hydrogen-bond donors (Lipinski definition) is 1. The summed E-state index contributed by atoms with van der Waals surface area (Å²) >= 11 is 5.14. The summed E-state index contributed by atoms with van der Waals surface area (Å²) in [5.41, 5.74) is 1.98. The van der Waals surface area contributed by atoms with Gasteiger partial charge in [-0.05, 0) is 46.6 Å². The fourth-order valence-electron chi connectivity index (χ4n) is 2.21. The molecule has 20 heavy (non-hydrogen) atoms. The highest BCUT2D eigenvalue weighted by Gasteiger charge is 2.29. The van der Waals surface area contributed by atoms with Crippen LogP contribution in [0.3, 0.4) is 0 Å². The number of halogens is 1. The van der Waals surface area contributed by atoms with Crippen LogP contribution in [-0.2, 0) is 4.79 Å². The lowest BCUT2D eigenvalue weighted by Gasteiger charge is -2.11. The Kier molecular flexibility index (Phi) is 3.81. The monoisotopic (exact) mass is 348 g/mol. The van der Waals surface area contributed by atoms with Gasteiger partial charge in [0.15, 0.2) is 0 Å². The summed E-state index contributed by atoms with van der Waals surface area (Å²) in [5.74, 6) is 1.31. The molecule has 0 bridgehead atoms. The molecular weight excluding hydrogens is 336 g/mol. The van der Waals surface area contributed by atoms with Gasteiger partial charge < -0.3 is 5.32 Å². The van der Waals surface area contributed by atoms with E-state index in [2.05, 4.69) is 32.3 Å². The standard InChI is InChI=1S/C15H13BrN2OS/c1-9-12(16)6-7-14(17-9)18-15(19)11-8-20-13-5-3-2-4-10(11)13/h2-7,11H,8H2,1H3,(H,17,18,19). The van der Waals surface area contributed by atoms with Gasteiger partial charge in [-0.3, -0.25) is 4.79 Å². The van der Waals surface area contributed by atoms with Crippen molar-refractivity contribution in [3.63, 3.8) is 0 Å². The molecule has 0 saturated heterocycles. The van der Waals surface area contributed by atoms with Gasteiger partial charge in [-0.25, -0.2) is 4.98 Å². The Bertz CT molecular complexity index is 675. The van der Waals surface area contributed by atoms with E-state index in [0.29, 0.717) is 5.82 Å². The Hall–Kier alpha value is -1.33. The third kappa shape index (κ3) is 2.60. The molecule has 0 aliphatic carbocycles. The van der Waals surface area contributed by atoms with Crippen LogP contribution in [0.5, 0.6) is 0 Å². The number of carbonyl (C=O) groups excluding carboxylic acids is 1. The third-order valence-electron chi connectivity index (χ3n) is 3.29. The summed E-state index contributed by atoms with van der Waals surface area (Å²) in [4.78, 5) is 18.0. The molecule has 0 spiro atoms. The van der Waals surface area contributed by atoms with E-state index in [4.69, 9.17) is 0 Å². The molecule has 5 heteroatoms. The number of hydrogen-bond acceptors (Lipinski definition) is 3. The first-order valence-corrected chi connectivity index (χ1v) is 8.09. The molecule has 2 aromatic rings. The van der Waals surface area contributed by atoms with Crippen LogP contribution in [0, 0.1) is 6.92 Å². The van der Waals surface area contributed by atoms with Gasteiger partial charge in [-0.15, -0.1) is 11.8 Å². The second-order valence-electron chi connectivity index (χ2n) is 4.65. The average Bonchev–Trinajstić information content (AvgIpc) is 2.87. The average molecular weight is 349 g/mol. The smallest absolute Gasteiger partial charge is 0.233 e. The van der Waals surface area contributed by atoms with Gasteiger partial charge in [0.1, 0.15) is 5.82 Å². The van der Waals surface area contributed by atoms with E-state index in [1.807, 2.05) is 37.3 Å². The molecule has 0 fully saturated rings. The number of rotatable bonds is 2. The van der Waals surface area contributed by atoms with Crippen molar-refractivity contribution >= 4 is 39.4 Å². The first kappa shape index (κ1) is 13.6. The number of thioether (sulfide) groups is 1. The number of aryl methyl sites for hydroxylation is 1. The zero-order valence-electron chi connectivity index (χ0n) is 10.9. The molecule has 3 nitrogen and oxygen atoms in total. The van der Waals surface area contributed by atoms with Crippen molar-refractivity contribution in [1.82, 2.24) is 4.98 Å². The maximum atomic E-state index is 12.4. The van der Waals surface area contributed by atoms with Gasteiger partial charge in [0.2, 0.25) is 5.91 Å². The van der Waals surface area contributed by atoms with Crippen molar-refractivity contribution in [2.75, 3.05) is 11.1 Å². The molecule has 102 valence electrons. The molecule has 0 radical (unpaired) electrons. The molecule has 1 N–H and O–H groups in total. The zero-order chi connectivity index (χ0) is 14.1. The number of benzene rings is 1. The third-order valence-corrected chi connectivity index (χ3v) is 5.31. The maximum absolute atomic E-state index is 12.4. The second kappa shape index (κ2) is 5.58. The Morgan fingerprint density at radius 2 is 2.15 bits per heavy atom. The van der Waals surface area contributed by atoms with Gasteiger partial charge in [0.05, 0.1) is 11.6 Å². The summed E-state index contributed by atoms with van der Waals surface area (Å²) in [6, 6.07) is 11.8. The number of anilines is 1.